The fourth-order valence-corrected chi connectivity index (χ4v) is 2.48. The summed E-state index contributed by atoms with van der Waals surface area (Å²) in [5.74, 6) is 0.871. The fraction of sp³-hybridized carbons (Fsp3) is 0.900. The minimum absolute atomic E-state index is 0.127. The molecule has 3 nitrogen and oxygen atoms in total. The van der Waals surface area contributed by atoms with Crippen LogP contribution in [-0.4, -0.2) is 36.8 Å². The molecule has 0 saturated carbocycles. The molecule has 82 valence electrons. The van der Waals surface area contributed by atoms with Crippen LogP contribution < -0.4 is 0 Å². The average molecular weight is 218 g/mol. The second-order valence-electron chi connectivity index (χ2n) is 3.56. The first kappa shape index (κ1) is 11.9. The number of carbonyl (C=O) groups excluding carboxylic acids is 1. The van der Waals surface area contributed by atoms with E-state index >= 15 is 0 Å². The van der Waals surface area contributed by atoms with E-state index in [-0.39, 0.29) is 5.97 Å². The maximum Gasteiger partial charge on any atom is 0.306 e. The molecule has 1 rings (SSSR count). The second kappa shape index (κ2) is 6.30. The van der Waals surface area contributed by atoms with Gasteiger partial charge in [0.15, 0.2) is 0 Å². The summed E-state index contributed by atoms with van der Waals surface area (Å²) in [5, 5.41) is 0.326. The zero-order chi connectivity index (χ0) is 10.4. The molecular weight excluding hydrogens is 200 g/mol. The van der Waals surface area contributed by atoms with Gasteiger partial charge in [-0.15, -0.1) is 0 Å². The molecule has 0 aromatic heterocycles. The molecule has 4 heteroatoms. The molecule has 1 saturated heterocycles. The van der Waals surface area contributed by atoms with Crippen LogP contribution in [0.1, 0.15) is 26.2 Å². The van der Waals surface area contributed by atoms with E-state index in [1.54, 1.807) is 11.8 Å². The molecule has 1 aliphatic rings. The number of carbonyl (C=O) groups is 1. The van der Waals surface area contributed by atoms with Crippen molar-refractivity contribution in [3.05, 3.63) is 0 Å². The summed E-state index contributed by atoms with van der Waals surface area (Å²) < 4.78 is 10.1. The van der Waals surface area contributed by atoms with E-state index in [0.29, 0.717) is 17.8 Å². The second-order valence-corrected chi connectivity index (χ2v) is 5.03. The SMILES string of the molecule is COC(=O)CC(C)SCC1CCCO1. The van der Waals surface area contributed by atoms with Gasteiger partial charge < -0.3 is 9.47 Å². The van der Waals surface area contributed by atoms with Gasteiger partial charge in [-0.05, 0) is 12.8 Å². The van der Waals surface area contributed by atoms with Gasteiger partial charge in [-0.1, -0.05) is 6.92 Å². The molecule has 0 N–H and O–H groups in total. The van der Waals surface area contributed by atoms with Crippen LogP contribution in [-0.2, 0) is 14.3 Å². The van der Waals surface area contributed by atoms with Crippen molar-refractivity contribution in [1.82, 2.24) is 0 Å². The maximum absolute atomic E-state index is 11.0. The third kappa shape index (κ3) is 4.33. The van der Waals surface area contributed by atoms with E-state index in [1.165, 1.54) is 13.5 Å². The molecule has 1 fully saturated rings. The Morgan fingerprint density at radius 2 is 2.50 bits per heavy atom. The number of hydrogen-bond donors (Lipinski definition) is 0. The summed E-state index contributed by atoms with van der Waals surface area (Å²) >= 11 is 1.79. The first-order valence-electron chi connectivity index (χ1n) is 5.02. The van der Waals surface area contributed by atoms with Crippen LogP contribution in [0.5, 0.6) is 0 Å². The molecule has 1 heterocycles. The number of rotatable bonds is 5. The van der Waals surface area contributed by atoms with Crippen molar-refractivity contribution >= 4 is 17.7 Å². The highest BCUT2D eigenvalue weighted by Crippen LogP contribution is 2.21. The smallest absolute Gasteiger partial charge is 0.306 e. The molecule has 0 radical (unpaired) electrons. The van der Waals surface area contributed by atoms with Crippen molar-refractivity contribution in [3.63, 3.8) is 0 Å². The lowest BCUT2D eigenvalue weighted by Gasteiger charge is -2.13. The fourth-order valence-electron chi connectivity index (χ4n) is 1.42. The quantitative estimate of drug-likeness (QED) is 0.660. The summed E-state index contributed by atoms with van der Waals surface area (Å²) in [6.45, 7) is 2.95. The van der Waals surface area contributed by atoms with E-state index in [9.17, 15) is 4.79 Å². The predicted octanol–water partition coefficient (Wildman–Crippen LogP) is 1.85. The largest absolute Gasteiger partial charge is 0.469 e. The van der Waals surface area contributed by atoms with Gasteiger partial charge in [0, 0.05) is 17.6 Å². The van der Waals surface area contributed by atoms with E-state index in [1.807, 2.05) is 0 Å². The van der Waals surface area contributed by atoms with Crippen LogP contribution in [0.4, 0.5) is 0 Å². The lowest BCUT2D eigenvalue weighted by Crippen LogP contribution is -2.14. The monoisotopic (exact) mass is 218 g/mol. The Hall–Kier alpha value is -0.220. The molecule has 1 aliphatic heterocycles. The van der Waals surface area contributed by atoms with Crippen LogP contribution in [0.2, 0.25) is 0 Å². The molecule has 0 aliphatic carbocycles. The Morgan fingerprint density at radius 3 is 3.07 bits per heavy atom. The lowest BCUT2D eigenvalue weighted by molar-refractivity contribution is -0.140. The van der Waals surface area contributed by atoms with Gasteiger partial charge in [-0.3, -0.25) is 4.79 Å². The van der Waals surface area contributed by atoms with Crippen molar-refractivity contribution in [2.45, 2.75) is 37.5 Å². The number of esters is 1. The van der Waals surface area contributed by atoms with Crippen LogP contribution in [0.15, 0.2) is 0 Å². The Kier molecular flexibility index (Phi) is 5.33. The lowest BCUT2D eigenvalue weighted by atomic mass is 10.3. The minimum atomic E-state index is -0.127. The van der Waals surface area contributed by atoms with Crippen molar-refractivity contribution in [1.29, 1.82) is 0 Å². The third-order valence-electron chi connectivity index (χ3n) is 2.27. The van der Waals surface area contributed by atoms with Gasteiger partial charge >= 0.3 is 5.97 Å². The van der Waals surface area contributed by atoms with Gasteiger partial charge in [0.25, 0.3) is 0 Å². The first-order valence-corrected chi connectivity index (χ1v) is 6.07. The number of thioether (sulfide) groups is 1. The number of methoxy groups -OCH3 is 1. The summed E-state index contributed by atoms with van der Waals surface area (Å²) in [6.07, 6.45) is 3.24. The Labute approximate surface area is 89.5 Å². The average Bonchev–Trinajstić information content (AvgIpc) is 2.67. The normalized spacial score (nSPS) is 23.4. The topological polar surface area (TPSA) is 35.5 Å². The molecule has 0 aromatic carbocycles. The molecule has 0 spiro atoms. The maximum atomic E-state index is 11.0. The summed E-state index contributed by atoms with van der Waals surface area (Å²) in [5.41, 5.74) is 0. The highest BCUT2D eigenvalue weighted by Gasteiger charge is 2.17. The first-order chi connectivity index (χ1) is 6.72. The van der Waals surface area contributed by atoms with Crippen molar-refractivity contribution in [2.24, 2.45) is 0 Å². The zero-order valence-corrected chi connectivity index (χ0v) is 9.64. The standard InChI is InChI=1S/C10H18O3S/c1-8(6-10(11)12-2)14-7-9-4-3-5-13-9/h8-9H,3-7H2,1-2H3. The van der Waals surface area contributed by atoms with Gasteiger partial charge in [0.1, 0.15) is 0 Å². The van der Waals surface area contributed by atoms with Gasteiger partial charge in [0.2, 0.25) is 0 Å². The van der Waals surface area contributed by atoms with Crippen molar-refractivity contribution in [3.8, 4) is 0 Å². The van der Waals surface area contributed by atoms with Crippen LogP contribution >= 0.6 is 11.8 Å². The predicted molar refractivity (Wildman–Crippen MR) is 57.5 cm³/mol. The number of ether oxygens (including phenoxy) is 2. The highest BCUT2D eigenvalue weighted by molar-refractivity contribution is 7.99. The highest BCUT2D eigenvalue weighted by atomic mass is 32.2. The summed E-state index contributed by atoms with van der Waals surface area (Å²) in [4.78, 5) is 11.0. The minimum Gasteiger partial charge on any atom is -0.469 e. The van der Waals surface area contributed by atoms with Crippen molar-refractivity contribution < 1.29 is 14.3 Å². The molecule has 2 unspecified atom stereocenters. The van der Waals surface area contributed by atoms with E-state index in [2.05, 4.69) is 11.7 Å². The molecule has 2 atom stereocenters. The Morgan fingerprint density at radius 1 is 1.71 bits per heavy atom. The Bertz CT molecular complexity index is 178. The molecule has 0 bridgehead atoms. The molecule has 14 heavy (non-hydrogen) atoms. The van der Waals surface area contributed by atoms with Gasteiger partial charge in [-0.25, -0.2) is 0 Å². The van der Waals surface area contributed by atoms with Crippen LogP contribution in [0.3, 0.4) is 0 Å². The van der Waals surface area contributed by atoms with Crippen LogP contribution in [0, 0.1) is 0 Å². The number of hydrogen-bond acceptors (Lipinski definition) is 4. The van der Waals surface area contributed by atoms with Gasteiger partial charge in [-0.2, -0.15) is 11.8 Å². The van der Waals surface area contributed by atoms with Gasteiger partial charge in [0.05, 0.1) is 19.6 Å². The Balaban J connectivity index is 2.07. The zero-order valence-electron chi connectivity index (χ0n) is 8.82. The van der Waals surface area contributed by atoms with E-state index < -0.39 is 0 Å². The van der Waals surface area contributed by atoms with E-state index in [0.717, 1.165) is 18.8 Å². The summed E-state index contributed by atoms with van der Waals surface area (Å²) in [7, 11) is 1.43. The van der Waals surface area contributed by atoms with E-state index in [4.69, 9.17) is 4.74 Å². The molecule has 0 amide bonds. The summed E-state index contributed by atoms with van der Waals surface area (Å²) in [6, 6.07) is 0. The molecular formula is C10H18O3S. The van der Waals surface area contributed by atoms with Crippen LogP contribution in [0.25, 0.3) is 0 Å². The molecule has 0 aromatic rings. The third-order valence-corrected chi connectivity index (χ3v) is 3.57. The van der Waals surface area contributed by atoms with Crippen molar-refractivity contribution in [2.75, 3.05) is 19.5 Å².